The van der Waals surface area contributed by atoms with E-state index in [-0.39, 0.29) is 28.3 Å². The van der Waals surface area contributed by atoms with Gasteiger partial charge in [-0.2, -0.15) is 26.7 Å². The number of alkyl halides is 3. The van der Waals surface area contributed by atoms with Crippen molar-refractivity contribution in [2.24, 2.45) is 0 Å². The lowest BCUT2D eigenvalue weighted by Gasteiger charge is -2.21. The highest BCUT2D eigenvalue weighted by atomic mass is 32.2. The number of aryl methyl sites for hydroxylation is 1. The molecule has 1 atom stereocenters. The Morgan fingerprint density at radius 2 is 1.81 bits per heavy atom. The minimum atomic E-state index is -5.80. The monoisotopic (exact) mass is 615 g/mol. The van der Waals surface area contributed by atoms with E-state index in [0.717, 1.165) is 25.1 Å². The number of nitrogens with one attached hydrogen (secondary N) is 2. The van der Waals surface area contributed by atoms with Crippen LogP contribution in [0.3, 0.4) is 0 Å². The molecule has 0 amide bonds. The number of sulfonamides is 1. The maximum Gasteiger partial charge on any atom is 0.516 e. The number of nitrogens with zero attached hydrogens (tertiary/aromatic N) is 6. The summed E-state index contributed by atoms with van der Waals surface area (Å²) in [6.07, 6.45) is 4.04. The zero-order valence-corrected chi connectivity index (χ0v) is 23.6. The molecule has 0 radical (unpaired) electrons. The zero-order valence-electron chi connectivity index (χ0n) is 22.8. The normalized spacial score (nSPS) is 12.7. The van der Waals surface area contributed by atoms with E-state index < -0.39 is 33.1 Å². The third-order valence-corrected chi connectivity index (χ3v) is 7.53. The molecule has 4 N–H and O–H groups in total. The number of benzene rings is 1. The van der Waals surface area contributed by atoms with Crippen molar-refractivity contribution in [3.63, 3.8) is 0 Å². The van der Waals surface area contributed by atoms with Crippen LogP contribution in [-0.2, 0) is 10.0 Å². The number of hydrogen-bond acceptors (Lipinski definition) is 10. The van der Waals surface area contributed by atoms with E-state index in [1.807, 2.05) is 6.07 Å². The summed E-state index contributed by atoms with van der Waals surface area (Å²) in [6.45, 7) is 3.53. The molecule has 1 aromatic carbocycles. The van der Waals surface area contributed by atoms with Gasteiger partial charge in [0.05, 0.1) is 24.4 Å². The number of aromatic nitrogens is 6. The summed E-state index contributed by atoms with van der Waals surface area (Å²) in [5, 5.41) is 7.84. The maximum absolute atomic E-state index is 13.7. The smallest absolute Gasteiger partial charge is 0.480 e. The third-order valence-electron chi connectivity index (χ3n) is 6.43. The lowest BCUT2D eigenvalue weighted by Crippen LogP contribution is -2.30. The number of nitrogen functional groups attached to an aromatic ring is 1. The predicted octanol–water partition coefficient (Wildman–Crippen LogP) is 3.67. The van der Waals surface area contributed by atoms with E-state index in [1.165, 1.54) is 20.0 Å². The number of pyridine rings is 1. The molecule has 224 valence electrons. The number of halogens is 3. The van der Waals surface area contributed by atoms with E-state index in [2.05, 4.69) is 25.4 Å². The zero-order chi connectivity index (χ0) is 31.1. The Labute approximate surface area is 242 Å². The van der Waals surface area contributed by atoms with E-state index in [0.29, 0.717) is 17.0 Å². The number of methoxy groups -OCH3 is 1. The molecule has 0 spiro atoms. The highest BCUT2D eigenvalue weighted by molar-refractivity contribution is 7.93. The molecule has 43 heavy (non-hydrogen) atoms. The van der Waals surface area contributed by atoms with Crippen LogP contribution in [0.25, 0.3) is 22.3 Å². The van der Waals surface area contributed by atoms with Gasteiger partial charge < -0.3 is 15.8 Å². The summed E-state index contributed by atoms with van der Waals surface area (Å²) in [4.78, 5) is 25.9. The Morgan fingerprint density at radius 1 is 1.09 bits per heavy atom. The lowest BCUT2D eigenvalue weighted by molar-refractivity contribution is -0.0429. The first-order valence-corrected chi connectivity index (χ1v) is 14.0. The van der Waals surface area contributed by atoms with Crippen molar-refractivity contribution < 1.29 is 26.3 Å². The van der Waals surface area contributed by atoms with Crippen LogP contribution in [0.1, 0.15) is 24.4 Å². The fourth-order valence-corrected chi connectivity index (χ4v) is 4.98. The van der Waals surface area contributed by atoms with Crippen molar-refractivity contribution in [3.8, 4) is 22.7 Å². The minimum Gasteiger partial charge on any atom is -0.480 e. The Morgan fingerprint density at radius 3 is 2.49 bits per heavy atom. The van der Waals surface area contributed by atoms with Crippen molar-refractivity contribution in [1.29, 1.82) is 0 Å². The van der Waals surface area contributed by atoms with Gasteiger partial charge in [-0.1, -0.05) is 18.2 Å². The molecule has 0 unspecified atom stereocenters. The molecule has 0 bridgehead atoms. The second-order valence-corrected chi connectivity index (χ2v) is 11.0. The van der Waals surface area contributed by atoms with Gasteiger partial charge in [-0.05, 0) is 43.7 Å². The maximum atomic E-state index is 13.7. The van der Waals surface area contributed by atoms with Crippen molar-refractivity contribution in [1.82, 2.24) is 29.1 Å². The summed E-state index contributed by atoms with van der Waals surface area (Å²) in [6, 6.07) is 11.0. The van der Waals surface area contributed by atoms with Gasteiger partial charge in [0, 0.05) is 18.0 Å². The van der Waals surface area contributed by atoms with Crippen LogP contribution in [0.2, 0.25) is 0 Å². The molecule has 4 aromatic heterocycles. The Hall–Kier alpha value is -5.19. The summed E-state index contributed by atoms with van der Waals surface area (Å²) in [5.41, 5.74) is 1.54. The van der Waals surface area contributed by atoms with E-state index >= 15 is 0 Å². The van der Waals surface area contributed by atoms with Crippen LogP contribution in [0, 0.1) is 6.92 Å². The van der Waals surface area contributed by atoms with Crippen LogP contribution >= 0.6 is 0 Å². The first-order chi connectivity index (χ1) is 20.3. The van der Waals surface area contributed by atoms with Crippen molar-refractivity contribution >= 4 is 32.9 Å². The number of rotatable bonds is 8. The summed E-state index contributed by atoms with van der Waals surface area (Å²) in [7, 11) is -4.68. The van der Waals surface area contributed by atoms with Crippen molar-refractivity contribution in [2.75, 3.05) is 22.9 Å². The van der Waals surface area contributed by atoms with Crippen molar-refractivity contribution in [3.05, 3.63) is 82.9 Å². The topological polar surface area (TPSA) is 171 Å². The molecule has 0 aliphatic rings. The second kappa shape index (κ2) is 10.9. The van der Waals surface area contributed by atoms with Gasteiger partial charge in [0.1, 0.15) is 29.2 Å². The molecule has 5 aromatic rings. The molecule has 0 saturated heterocycles. The fourth-order valence-electron chi connectivity index (χ4n) is 4.43. The number of hydrogen-bond donors (Lipinski definition) is 3. The van der Waals surface area contributed by atoms with Gasteiger partial charge in [-0.3, -0.25) is 14.1 Å². The van der Waals surface area contributed by atoms with Crippen molar-refractivity contribution in [2.45, 2.75) is 25.4 Å². The quantitative estimate of drug-likeness (QED) is 0.234. The SMILES string of the molecule is COc1ncc(-c2c(N)ncnc2N[C@@H](C)c2nn3ccc(C)c3c(=O)n2-c2ccccc2)cc1NS(=O)(=O)C(F)(F)F. The molecular weight excluding hydrogens is 591 g/mol. The number of fused-ring (bicyclic) bond motifs is 1. The van der Waals surface area contributed by atoms with E-state index in [1.54, 1.807) is 50.4 Å². The van der Waals surface area contributed by atoms with Crippen LogP contribution < -0.4 is 26.1 Å². The molecule has 0 aliphatic carbocycles. The summed E-state index contributed by atoms with van der Waals surface area (Å²) < 4.78 is 72.3. The van der Waals surface area contributed by atoms with Gasteiger partial charge in [0.2, 0.25) is 5.88 Å². The molecule has 13 nitrogen and oxygen atoms in total. The standard InChI is InChI=1S/C26H24F3N9O4S/c1-14-9-10-37-20(14)25(39)38(17-7-5-4-6-8-17)23(35-37)15(2)34-22-19(21(30)32-13-33-22)16-11-18(24(42-3)31-12-16)36-43(40,41)26(27,28)29/h4-13,15,36H,1-3H3,(H3,30,32,33,34)/t15-/m0/s1. The van der Waals surface area contributed by atoms with Gasteiger partial charge >= 0.3 is 15.5 Å². The molecule has 0 saturated carbocycles. The molecule has 17 heteroatoms. The largest absolute Gasteiger partial charge is 0.516 e. The van der Waals surface area contributed by atoms with E-state index in [9.17, 15) is 26.4 Å². The van der Waals surface area contributed by atoms with Crippen LogP contribution in [0.5, 0.6) is 5.88 Å². The Bertz CT molecular complexity index is 2000. The summed E-state index contributed by atoms with van der Waals surface area (Å²) in [5.74, 6) is -0.101. The first-order valence-electron chi connectivity index (χ1n) is 12.5. The summed E-state index contributed by atoms with van der Waals surface area (Å²) >= 11 is 0. The number of ether oxygens (including phenoxy) is 1. The molecular formula is C26H24F3N9O4S. The average molecular weight is 616 g/mol. The van der Waals surface area contributed by atoms with Crippen LogP contribution in [-0.4, -0.2) is 50.2 Å². The molecule has 4 heterocycles. The first kappa shape index (κ1) is 29.3. The van der Waals surface area contributed by atoms with Gasteiger partial charge in [0.25, 0.3) is 5.56 Å². The highest BCUT2D eigenvalue weighted by Gasteiger charge is 2.46. The molecule has 0 aliphatic heterocycles. The van der Waals surface area contributed by atoms with Crippen LogP contribution in [0.15, 0.2) is 66.0 Å². The Balaban J connectivity index is 1.61. The minimum absolute atomic E-state index is 0.0679. The Kier molecular flexibility index (Phi) is 7.43. The van der Waals surface area contributed by atoms with E-state index in [4.69, 9.17) is 10.5 Å². The lowest BCUT2D eigenvalue weighted by atomic mass is 10.1. The van der Waals surface area contributed by atoms with Gasteiger partial charge in [0.15, 0.2) is 5.82 Å². The second-order valence-electron chi connectivity index (χ2n) is 9.31. The molecule has 5 rings (SSSR count). The number of para-hydroxylation sites is 1. The predicted molar refractivity (Wildman–Crippen MR) is 152 cm³/mol. The number of nitrogens with two attached hydrogens (primary N) is 1. The number of anilines is 3. The van der Waals surface area contributed by atoms with Crippen LogP contribution in [0.4, 0.5) is 30.5 Å². The third kappa shape index (κ3) is 5.41. The van der Waals surface area contributed by atoms with Gasteiger partial charge in [-0.25, -0.2) is 19.5 Å². The average Bonchev–Trinajstić information content (AvgIpc) is 3.33. The highest BCUT2D eigenvalue weighted by Crippen LogP contribution is 2.37. The molecule has 0 fully saturated rings. The fraction of sp³-hybridized carbons (Fsp3) is 0.192. The van der Waals surface area contributed by atoms with Gasteiger partial charge in [-0.15, -0.1) is 0 Å².